The van der Waals surface area contributed by atoms with E-state index in [1.807, 2.05) is 25.1 Å². The van der Waals surface area contributed by atoms with Gasteiger partial charge in [-0.1, -0.05) is 6.58 Å². The smallest absolute Gasteiger partial charge is 0.247 e. The fourth-order valence-corrected chi connectivity index (χ4v) is 2.15. The molecule has 1 aromatic heterocycles. The zero-order chi connectivity index (χ0) is 16.3. The Labute approximate surface area is 129 Å². The van der Waals surface area contributed by atoms with Gasteiger partial charge in [0.25, 0.3) is 0 Å². The quantitative estimate of drug-likeness (QED) is 0.597. The second-order valence-corrected chi connectivity index (χ2v) is 5.06. The van der Waals surface area contributed by atoms with Crippen LogP contribution >= 0.6 is 0 Å². The Balaban J connectivity index is 2.48. The number of carbonyl (C=O) groups is 1. The first-order chi connectivity index (χ1) is 10.4. The van der Waals surface area contributed by atoms with Crippen molar-refractivity contribution in [3.8, 4) is 11.3 Å². The van der Waals surface area contributed by atoms with Gasteiger partial charge in [-0.05, 0) is 49.8 Å². The van der Waals surface area contributed by atoms with Crippen molar-refractivity contribution >= 4 is 23.0 Å². The lowest BCUT2D eigenvalue weighted by Crippen LogP contribution is -2.07. The van der Waals surface area contributed by atoms with Gasteiger partial charge in [0.05, 0.1) is 17.6 Å². The molecule has 0 aliphatic heterocycles. The third-order valence-electron chi connectivity index (χ3n) is 3.16. The fraction of sp³-hybridized carbons (Fsp3) is 0.118. The number of nitrogens with zero attached hydrogens (tertiary/aromatic N) is 1. The minimum atomic E-state index is -0.266. The SMILES string of the molecule is C=CC(=O)Nc1cc(C)cc(-c2cc(C(C)=N)c(N)cn2)c1. The number of nitrogens with two attached hydrogens (primary N) is 1. The molecule has 0 bridgehead atoms. The first-order valence-electron chi connectivity index (χ1n) is 6.77. The number of nitrogen functional groups attached to an aromatic ring is 1. The van der Waals surface area contributed by atoms with E-state index in [1.54, 1.807) is 19.2 Å². The first-order valence-corrected chi connectivity index (χ1v) is 6.77. The summed E-state index contributed by atoms with van der Waals surface area (Å²) < 4.78 is 0. The molecule has 0 radical (unpaired) electrons. The summed E-state index contributed by atoms with van der Waals surface area (Å²) in [5.74, 6) is -0.266. The molecule has 5 heteroatoms. The Kier molecular flexibility index (Phi) is 4.36. The van der Waals surface area contributed by atoms with Crippen molar-refractivity contribution in [2.45, 2.75) is 13.8 Å². The number of hydrogen-bond donors (Lipinski definition) is 3. The van der Waals surface area contributed by atoms with Crippen LogP contribution in [-0.4, -0.2) is 16.6 Å². The number of aryl methyl sites for hydroxylation is 1. The van der Waals surface area contributed by atoms with E-state index in [1.165, 1.54) is 6.08 Å². The van der Waals surface area contributed by atoms with Gasteiger partial charge in [0.2, 0.25) is 5.91 Å². The number of anilines is 2. The molecule has 0 unspecified atom stereocenters. The molecule has 0 spiro atoms. The van der Waals surface area contributed by atoms with Gasteiger partial charge in [0, 0.05) is 22.5 Å². The maximum atomic E-state index is 11.4. The molecule has 0 aliphatic carbocycles. The van der Waals surface area contributed by atoms with E-state index in [4.69, 9.17) is 11.1 Å². The summed E-state index contributed by atoms with van der Waals surface area (Å²) in [6.07, 6.45) is 2.77. The molecule has 4 N–H and O–H groups in total. The molecule has 22 heavy (non-hydrogen) atoms. The molecule has 1 amide bonds. The highest BCUT2D eigenvalue weighted by molar-refractivity contribution is 6.02. The second kappa shape index (κ2) is 6.22. The zero-order valence-electron chi connectivity index (χ0n) is 12.6. The maximum Gasteiger partial charge on any atom is 0.247 e. The van der Waals surface area contributed by atoms with E-state index < -0.39 is 0 Å². The Morgan fingerprint density at radius 1 is 1.36 bits per heavy atom. The van der Waals surface area contributed by atoms with Crippen molar-refractivity contribution in [3.63, 3.8) is 0 Å². The first kappa shape index (κ1) is 15.4. The molecule has 5 nitrogen and oxygen atoms in total. The van der Waals surface area contributed by atoms with Crippen molar-refractivity contribution in [1.82, 2.24) is 4.98 Å². The molecule has 1 heterocycles. The van der Waals surface area contributed by atoms with Gasteiger partial charge in [-0.3, -0.25) is 9.78 Å². The summed E-state index contributed by atoms with van der Waals surface area (Å²) in [6.45, 7) is 7.06. The van der Waals surface area contributed by atoms with Crippen molar-refractivity contribution in [1.29, 1.82) is 5.41 Å². The number of rotatable bonds is 4. The number of benzene rings is 1. The Morgan fingerprint density at radius 2 is 2.09 bits per heavy atom. The van der Waals surface area contributed by atoms with Crippen molar-refractivity contribution in [3.05, 3.63) is 54.2 Å². The van der Waals surface area contributed by atoms with Crippen LogP contribution in [0.3, 0.4) is 0 Å². The number of aromatic nitrogens is 1. The monoisotopic (exact) mass is 294 g/mol. The molecular weight excluding hydrogens is 276 g/mol. The van der Waals surface area contributed by atoms with Crippen LogP contribution in [0, 0.1) is 12.3 Å². The van der Waals surface area contributed by atoms with Gasteiger partial charge in [-0.25, -0.2) is 0 Å². The van der Waals surface area contributed by atoms with Crippen LogP contribution in [0.5, 0.6) is 0 Å². The second-order valence-electron chi connectivity index (χ2n) is 5.06. The predicted octanol–water partition coefficient (Wildman–Crippen LogP) is 3.15. The number of nitrogens with one attached hydrogen (secondary N) is 2. The number of amides is 1. The molecule has 1 aromatic carbocycles. The summed E-state index contributed by atoms with van der Waals surface area (Å²) >= 11 is 0. The van der Waals surface area contributed by atoms with E-state index in [-0.39, 0.29) is 5.91 Å². The highest BCUT2D eigenvalue weighted by Gasteiger charge is 2.08. The van der Waals surface area contributed by atoms with Gasteiger partial charge in [-0.2, -0.15) is 0 Å². The molecule has 2 rings (SSSR count). The van der Waals surface area contributed by atoms with Gasteiger partial charge in [0.15, 0.2) is 0 Å². The van der Waals surface area contributed by atoms with Crippen LogP contribution < -0.4 is 11.1 Å². The van der Waals surface area contributed by atoms with E-state index >= 15 is 0 Å². The lowest BCUT2D eigenvalue weighted by atomic mass is 10.0. The standard InChI is InChI=1S/C17H18N4O/c1-4-17(22)21-13-6-10(2)5-12(7-13)16-8-14(11(3)18)15(19)9-20-16/h4-9,18H,1,19H2,2-3H3,(H,21,22). The Hall–Kier alpha value is -2.95. The van der Waals surface area contributed by atoms with Gasteiger partial charge in [-0.15, -0.1) is 0 Å². The summed E-state index contributed by atoms with van der Waals surface area (Å²) in [7, 11) is 0. The minimum Gasteiger partial charge on any atom is -0.397 e. The Morgan fingerprint density at radius 3 is 2.73 bits per heavy atom. The molecule has 0 aliphatic rings. The van der Waals surface area contributed by atoms with E-state index in [2.05, 4.69) is 16.9 Å². The van der Waals surface area contributed by atoms with E-state index in [9.17, 15) is 4.79 Å². The van der Waals surface area contributed by atoms with Gasteiger partial charge in [0.1, 0.15) is 0 Å². The normalized spacial score (nSPS) is 10.1. The summed E-state index contributed by atoms with van der Waals surface area (Å²) in [5, 5.41) is 10.5. The zero-order valence-corrected chi connectivity index (χ0v) is 12.6. The third-order valence-corrected chi connectivity index (χ3v) is 3.16. The molecule has 0 fully saturated rings. The summed E-state index contributed by atoms with van der Waals surface area (Å²) in [5.41, 5.74) is 10.6. The van der Waals surface area contributed by atoms with E-state index in [0.29, 0.717) is 28.3 Å². The third kappa shape index (κ3) is 3.38. The van der Waals surface area contributed by atoms with Crippen molar-refractivity contribution in [2.24, 2.45) is 0 Å². The van der Waals surface area contributed by atoms with Gasteiger partial charge >= 0.3 is 0 Å². The molecule has 2 aromatic rings. The van der Waals surface area contributed by atoms with Crippen LogP contribution in [0.2, 0.25) is 0 Å². The molecular formula is C17H18N4O. The van der Waals surface area contributed by atoms with Crippen molar-refractivity contribution < 1.29 is 4.79 Å². The molecule has 112 valence electrons. The number of hydrogen-bond acceptors (Lipinski definition) is 4. The van der Waals surface area contributed by atoms with Crippen LogP contribution in [0.1, 0.15) is 18.1 Å². The number of carbonyl (C=O) groups excluding carboxylic acids is 1. The average Bonchev–Trinajstić information content (AvgIpc) is 2.46. The number of pyridine rings is 1. The van der Waals surface area contributed by atoms with Crippen LogP contribution in [-0.2, 0) is 4.79 Å². The summed E-state index contributed by atoms with van der Waals surface area (Å²) in [4.78, 5) is 15.8. The fourth-order valence-electron chi connectivity index (χ4n) is 2.15. The molecule has 0 atom stereocenters. The predicted molar refractivity (Wildman–Crippen MR) is 90.2 cm³/mol. The maximum absolute atomic E-state index is 11.4. The minimum absolute atomic E-state index is 0.266. The van der Waals surface area contributed by atoms with Crippen molar-refractivity contribution in [2.75, 3.05) is 11.1 Å². The lowest BCUT2D eigenvalue weighted by Gasteiger charge is -2.10. The van der Waals surface area contributed by atoms with Gasteiger partial charge < -0.3 is 16.5 Å². The largest absolute Gasteiger partial charge is 0.397 e. The lowest BCUT2D eigenvalue weighted by molar-refractivity contribution is -0.111. The molecule has 0 saturated heterocycles. The highest BCUT2D eigenvalue weighted by Crippen LogP contribution is 2.25. The topological polar surface area (TPSA) is 91.9 Å². The van der Waals surface area contributed by atoms with Crippen LogP contribution in [0.15, 0.2) is 43.1 Å². The highest BCUT2D eigenvalue weighted by atomic mass is 16.1. The van der Waals surface area contributed by atoms with Crippen LogP contribution in [0.25, 0.3) is 11.3 Å². The molecule has 0 saturated carbocycles. The van der Waals surface area contributed by atoms with E-state index in [0.717, 1.165) is 11.1 Å². The van der Waals surface area contributed by atoms with Crippen LogP contribution in [0.4, 0.5) is 11.4 Å². The Bertz CT molecular complexity index is 765. The average molecular weight is 294 g/mol. The summed E-state index contributed by atoms with van der Waals surface area (Å²) in [6, 6.07) is 7.44.